The fourth-order valence-electron chi connectivity index (χ4n) is 3.82. The number of benzene rings is 2. The van der Waals surface area contributed by atoms with Gasteiger partial charge in [-0.1, -0.05) is 47.6 Å². The van der Waals surface area contributed by atoms with Crippen LogP contribution in [-0.4, -0.2) is 22.6 Å². The predicted molar refractivity (Wildman–Crippen MR) is 127 cm³/mol. The highest BCUT2D eigenvalue weighted by atomic mass is 35.5. The molecule has 0 aliphatic heterocycles. The second-order valence-corrected chi connectivity index (χ2v) is 8.09. The zero-order valence-corrected chi connectivity index (χ0v) is 18.3. The summed E-state index contributed by atoms with van der Waals surface area (Å²) in [4.78, 5) is 16.9. The quantitative estimate of drug-likeness (QED) is 0.427. The maximum absolute atomic E-state index is 12.4. The lowest BCUT2D eigenvalue weighted by atomic mass is 9.94. The molecule has 7 heteroatoms. The molecular weight excluding hydrogens is 424 g/mol. The van der Waals surface area contributed by atoms with E-state index in [1.54, 1.807) is 6.07 Å². The Bertz CT molecular complexity index is 1240. The third-order valence-corrected chi connectivity index (χ3v) is 5.71. The molecule has 0 bridgehead atoms. The molecule has 1 amide bonds. The van der Waals surface area contributed by atoms with Gasteiger partial charge in [0.2, 0.25) is 0 Å². The summed E-state index contributed by atoms with van der Waals surface area (Å²) in [6.45, 7) is 0.725. The number of nitrogens with one attached hydrogen (secondary N) is 1. The minimum Gasteiger partial charge on any atom is -0.356 e. The molecule has 1 fully saturated rings. The number of nitrogens with two attached hydrogens (primary N) is 1. The van der Waals surface area contributed by atoms with E-state index in [1.165, 1.54) is 12.8 Å². The van der Waals surface area contributed by atoms with Crippen molar-refractivity contribution in [3.63, 3.8) is 0 Å². The average molecular weight is 449 g/mol. The predicted octanol–water partition coefficient (Wildman–Crippen LogP) is 4.69. The number of para-hydroxylation sites is 1. The SMILES string of the molecule is Cl.N[C@@H](Cc1cccc(C(=O)NCC2CC2)n1)c1ccccc1-c1noc2ccccc12. The fraction of sp³-hybridized carbons (Fsp3) is 0.240. The first-order valence-corrected chi connectivity index (χ1v) is 10.6. The van der Waals surface area contributed by atoms with Gasteiger partial charge in [-0.2, -0.15) is 0 Å². The first-order valence-electron chi connectivity index (χ1n) is 10.6. The number of fused-ring (bicyclic) bond motifs is 1. The summed E-state index contributed by atoms with van der Waals surface area (Å²) in [5, 5.41) is 8.21. The summed E-state index contributed by atoms with van der Waals surface area (Å²) < 4.78 is 5.50. The summed E-state index contributed by atoms with van der Waals surface area (Å²) in [5.74, 6) is 0.501. The number of rotatable bonds is 7. The van der Waals surface area contributed by atoms with Gasteiger partial charge in [-0.25, -0.2) is 4.98 Å². The molecule has 5 rings (SSSR count). The average Bonchev–Trinajstić information content (AvgIpc) is 3.54. The van der Waals surface area contributed by atoms with Crippen LogP contribution in [0.15, 0.2) is 71.3 Å². The van der Waals surface area contributed by atoms with Crippen LogP contribution in [-0.2, 0) is 6.42 Å². The van der Waals surface area contributed by atoms with Gasteiger partial charge < -0.3 is 15.6 Å². The van der Waals surface area contributed by atoms with Crippen molar-refractivity contribution < 1.29 is 9.32 Å². The van der Waals surface area contributed by atoms with Gasteiger partial charge in [-0.3, -0.25) is 4.79 Å². The Hall–Kier alpha value is -3.22. The second-order valence-electron chi connectivity index (χ2n) is 8.09. The molecule has 6 nitrogen and oxygen atoms in total. The van der Waals surface area contributed by atoms with Crippen LogP contribution in [0.3, 0.4) is 0 Å². The van der Waals surface area contributed by atoms with Gasteiger partial charge in [0.25, 0.3) is 5.91 Å². The zero-order valence-electron chi connectivity index (χ0n) is 17.5. The zero-order chi connectivity index (χ0) is 21.2. The smallest absolute Gasteiger partial charge is 0.269 e. The molecule has 1 aliphatic rings. The topological polar surface area (TPSA) is 94.0 Å². The molecule has 4 aromatic rings. The number of hydrogen-bond acceptors (Lipinski definition) is 5. The van der Waals surface area contributed by atoms with Gasteiger partial charge in [0.05, 0.1) is 0 Å². The van der Waals surface area contributed by atoms with Gasteiger partial charge in [-0.15, -0.1) is 12.4 Å². The van der Waals surface area contributed by atoms with Crippen molar-refractivity contribution in [1.29, 1.82) is 0 Å². The molecule has 2 aromatic heterocycles. The first-order chi connectivity index (χ1) is 15.2. The lowest BCUT2D eigenvalue weighted by Crippen LogP contribution is -2.26. The van der Waals surface area contributed by atoms with Crippen LogP contribution in [0, 0.1) is 5.92 Å². The van der Waals surface area contributed by atoms with E-state index >= 15 is 0 Å². The standard InChI is InChI=1S/C25H24N4O2.ClH/c26-21(14-17-6-5-10-22(28-17)25(30)27-15-16-12-13-16)18-7-1-2-8-19(18)24-20-9-3-4-11-23(20)31-29-24;/h1-11,16,21H,12-15,26H2,(H,27,30);1H/t21-;/m0./s1. The Morgan fingerprint density at radius 1 is 1.06 bits per heavy atom. The summed E-state index contributed by atoms with van der Waals surface area (Å²) in [6.07, 6.45) is 2.90. The van der Waals surface area contributed by atoms with Crippen molar-refractivity contribution in [2.75, 3.05) is 6.54 Å². The van der Waals surface area contributed by atoms with Crippen LogP contribution in [0.4, 0.5) is 0 Å². The van der Waals surface area contributed by atoms with Crippen molar-refractivity contribution >= 4 is 29.3 Å². The Morgan fingerprint density at radius 3 is 2.69 bits per heavy atom. The van der Waals surface area contributed by atoms with E-state index in [4.69, 9.17) is 10.3 Å². The van der Waals surface area contributed by atoms with Crippen LogP contribution in [0.5, 0.6) is 0 Å². The summed E-state index contributed by atoms with van der Waals surface area (Å²) in [5.41, 5.74) is 11.3. The highest BCUT2D eigenvalue weighted by Gasteiger charge is 2.22. The normalized spacial score (nSPS) is 14.0. The van der Waals surface area contributed by atoms with E-state index in [0.717, 1.165) is 40.0 Å². The molecule has 2 aromatic carbocycles. The Balaban J connectivity index is 0.00000245. The van der Waals surface area contributed by atoms with E-state index in [1.807, 2.05) is 60.7 Å². The molecule has 3 N–H and O–H groups in total. The molecule has 1 saturated carbocycles. The van der Waals surface area contributed by atoms with E-state index in [2.05, 4.69) is 15.5 Å². The van der Waals surface area contributed by atoms with E-state index in [-0.39, 0.29) is 24.4 Å². The molecule has 2 heterocycles. The van der Waals surface area contributed by atoms with Gasteiger partial charge >= 0.3 is 0 Å². The van der Waals surface area contributed by atoms with Crippen molar-refractivity contribution in [3.05, 3.63) is 83.7 Å². The summed E-state index contributed by atoms with van der Waals surface area (Å²) in [6, 6.07) is 21.0. The van der Waals surface area contributed by atoms with Crippen LogP contribution < -0.4 is 11.1 Å². The van der Waals surface area contributed by atoms with Crippen molar-refractivity contribution in [2.24, 2.45) is 11.7 Å². The van der Waals surface area contributed by atoms with Gasteiger partial charge in [0.15, 0.2) is 5.58 Å². The van der Waals surface area contributed by atoms with Crippen LogP contribution >= 0.6 is 12.4 Å². The highest BCUT2D eigenvalue weighted by Crippen LogP contribution is 2.33. The highest BCUT2D eigenvalue weighted by molar-refractivity contribution is 5.93. The molecular formula is C25H25ClN4O2. The van der Waals surface area contributed by atoms with Crippen LogP contribution in [0.2, 0.25) is 0 Å². The van der Waals surface area contributed by atoms with Crippen molar-refractivity contribution in [2.45, 2.75) is 25.3 Å². The Kier molecular flexibility index (Phi) is 6.53. The number of hydrogen-bond donors (Lipinski definition) is 2. The molecule has 0 radical (unpaired) electrons. The fourth-order valence-corrected chi connectivity index (χ4v) is 3.82. The minimum atomic E-state index is -0.302. The number of amides is 1. The molecule has 164 valence electrons. The number of carbonyl (C=O) groups is 1. The number of halogens is 1. The molecule has 1 aliphatic carbocycles. The Labute approximate surface area is 192 Å². The second kappa shape index (κ2) is 9.51. The van der Waals surface area contributed by atoms with Gasteiger partial charge in [-0.05, 0) is 48.6 Å². The lowest BCUT2D eigenvalue weighted by Gasteiger charge is -2.16. The van der Waals surface area contributed by atoms with Crippen LogP contribution in [0.1, 0.15) is 40.6 Å². The molecule has 0 saturated heterocycles. The maximum Gasteiger partial charge on any atom is 0.269 e. The monoisotopic (exact) mass is 448 g/mol. The first kappa shape index (κ1) is 22.0. The number of pyridine rings is 1. The third-order valence-electron chi connectivity index (χ3n) is 5.71. The Morgan fingerprint density at radius 2 is 1.84 bits per heavy atom. The maximum atomic E-state index is 12.4. The largest absolute Gasteiger partial charge is 0.356 e. The van der Waals surface area contributed by atoms with Crippen molar-refractivity contribution in [3.8, 4) is 11.3 Å². The summed E-state index contributed by atoms with van der Waals surface area (Å²) in [7, 11) is 0. The number of nitrogens with zero attached hydrogens (tertiary/aromatic N) is 2. The minimum absolute atomic E-state index is 0. The van der Waals surface area contributed by atoms with E-state index in [9.17, 15) is 4.79 Å². The molecule has 32 heavy (non-hydrogen) atoms. The van der Waals surface area contributed by atoms with Gasteiger partial charge in [0.1, 0.15) is 11.4 Å². The molecule has 0 unspecified atom stereocenters. The van der Waals surface area contributed by atoms with E-state index < -0.39 is 0 Å². The van der Waals surface area contributed by atoms with Crippen LogP contribution in [0.25, 0.3) is 22.2 Å². The molecule has 0 spiro atoms. The van der Waals surface area contributed by atoms with Crippen molar-refractivity contribution in [1.82, 2.24) is 15.5 Å². The summed E-state index contributed by atoms with van der Waals surface area (Å²) >= 11 is 0. The number of aromatic nitrogens is 2. The third kappa shape index (κ3) is 4.66. The lowest BCUT2D eigenvalue weighted by molar-refractivity contribution is 0.0946. The van der Waals surface area contributed by atoms with Gasteiger partial charge in [0, 0.05) is 35.7 Å². The van der Waals surface area contributed by atoms with E-state index in [0.29, 0.717) is 18.0 Å². The number of carbonyl (C=O) groups excluding carboxylic acids is 1. The molecule has 1 atom stereocenters.